The van der Waals surface area contributed by atoms with Gasteiger partial charge in [-0.05, 0) is 12.8 Å². The second kappa shape index (κ2) is 4.56. The first kappa shape index (κ1) is 10.4. The van der Waals surface area contributed by atoms with Crippen LogP contribution in [-0.4, -0.2) is 29.4 Å². The normalized spacial score (nSPS) is 16.4. The highest BCUT2D eigenvalue weighted by molar-refractivity contribution is 7.80. The number of nitrogens with two attached hydrogens (primary N) is 1. The van der Waals surface area contributed by atoms with Crippen LogP contribution >= 0.6 is 12.2 Å². The van der Waals surface area contributed by atoms with E-state index in [-0.39, 0.29) is 11.8 Å². The third kappa shape index (κ3) is 2.95. The summed E-state index contributed by atoms with van der Waals surface area (Å²) in [5, 5.41) is 0. The number of nitrogens with zero attached hydrogens (tertiary/aromatic N) is 1. The first-order valence-electron chi connectivity index (χ1n) is 4.64. The predicted molar refractivity (Wildman–Crippen MR) is 56.4 cm³/mol. The number of thiocarbonyl (C=S) groups is 1. The minimum Gasteiger partial charge on any atom is -0.393 e. The molecule has 0 radical (unpaired) electrons. The van der Waals surface area contributed by atoms with Crippen LogP contribution < -0.4 is 5.73 Å². The number of rotatable bonds is 4. The second-order valence-corrected chi connectivity index (χ2v) is 4.13. The lowest BCUT2D eigenvalue weighted by molar-refractivity contribution is -0.136. The predicted octanol–water partition coefficient (Wildman–Crippen LogP) is 0.921. The molecule has 0 atom stereocenters. The summed E-state index contributed by atoms with van der Waals surface area (Å²) in [5.74, 6) is 0.527. The maximum atomic E-state index is 11.6. The largest absolute Gasteiger partial charge is 0.393 e. The molecular formula is C9H16N2OS. The van der Waals surface area contributed by atoms with E-state index in [1.54, 1.807) is 4.90 Å². The van der Waals surface area contributed by atoms with Gasteiger partial charge in [0.05, 0.1) is 4.99 Å². The average Bonchev–Trinajstić information content (AvgIpc) is 1.96. The molecule has 1 amide bonds. The van der Waals surface area contributed by atoms with E-state index in [0.717, 1.165) is 12.8 Å². The Kier molecular flexibility index (Phi) is 3.66. The summed E-state index contributed by atoms with van der Waals surface area (Å²) in [6.07, 6.45) is 3.93. The molecule has 74 valence electrons. The summed E-state index contributed by atoms with van der Waals surface area (Å²) in [7, 11) is 1.82. The molecule has 13 heavy (non-hydrogen) atoms. The monoisotopic (exact) mass is 200 g/mol. The third-order valence-corrected chi connectivity index (χ3v) is 2.73. The van der Waals surface area contributed by atoms with Gasteiger partial charge in [0.2, 0.25) is 5.91 Å². The fourth-order valence-electron chi connectivity index (χ4n) is 1.35. The quantitative estimate of drug-likeness (QED) is 0.686. The van der Waals surface area contributed by atoms with Gasteiger partial charge in [0.25, 0.3) is 0 Å². The van der Waals surface area contributed by atoms with Crippen molar-refractivity contribution >= 4 is 23.1 Å². The van der Waals surface area contributed by atoms with Gasteiger partial charge in [-0.3, -0.25) is 4.79 Å². The van der Waals surface area contributed by atoms with Crippen LogP contribution in [0.5, 0.6) is 0 Å². The molecular weight excluding hydrogens is 184 g/mol. The van der Waals surface area contributed by atoms with E-state index < -0.39 is 0 Å². The van der Waals surface area contributed by atoms with E-state index in [2.05, 4.69) is 0 Å². The standard InChI is InChI=1S/C9H16N2OS/c1-11(6-5-8(10)13)9(12)7-3-2-4-7/h7H,2-6H2,1H3,(H2,10,13). The van der Waals surface area contributed by atoms with Gasteiger partial charge in [0.1, 0.15) is 0 Å². The van der Waals surface area contributed by atoms with Crippen molar-refractivity contribution in [3.63, 3.8) is 0 Å². The Morgan fingerprint density at radius 3 is 2.62 bits per heavy atom. The van der Waals surface area contributed by atoms with Gasteiger partial charge in [-0.25, -0.2) is 0 Å². The fraction of sp³-hybridized carbons (Fsp3) is 0.778. The van der Waals surface area contributed by atoms with E-state index >= 15 is 0 Å². The molecule has 0 unspecified atom stereocenters. The highest BCUT2D eigenvalue weighted by Crippen LogP contribution is 2.27. The number of carbonyl (C=O) groups is 1. The summed E-state index contributed by atoms with van der Waals surface area (Å²) >= 11 is 4.75. The Morgan fingerprint density at radius 2 is 2.23 bits per heavy atom. The van der Waals surface area contributed by atoms with E-state index in [4.69, 9.17) is 18.0 Å². The van der Waals surface area contributed by atoms with Crippen LogP contribution in [0.1, 0.15) is 25.7 Å². The molecule has 1 rings (SSSR count). The SMILES string of the molecule is CN(CCC(N)=S)C(=O)C1CCC1. The van der Waals surface area contributed by atoms with Gasteiger partial charge >= 0.3 is 0 Å². The summed E-state index contributed by atoms with van der Waals surface area (Å²) in [6.45, 7) is 0.657. The van der Waals surface area contributed by atoms with Gasteiger partial charge in [-0.2, -0.15) is 0 Å². The molecule has 1 aliphatic carbocycles. The Morgan fingerprint density at radius 1 is 1.62 bits per heavy atom. The van der Waals surface area contributed by atoms with Crippen molar-refractivity contribution in [3.05, 3.63) is 0 Å². The van der Waals surface area contributed by atoms with Crippen LogP contribution in [0.4, 0.5) is 0 Å². The van der Waals surface area contributed by atoms with Gasteiger partial charge in [-0.1, -0.05) is 18.6 Å². The molecule has 0 bridgehead atoms. The lowest BCUT2D eigenvalue weighted by Gasteiger charge is -2.29. The molecule has 3 nitrogen and oxygen atoms in total. The lowest BCUT2D eigenvalue weighted by Crippen LogP contribution is -2.37. The molecule has 1 fully saturated rings. The van der Waals surface area contributed by atoms with Gasteiger partial charge in [-0.15, -0.1) is 0 Å². The molecule has 0 spiro atoms. The summed E-state index contributed by atoms with van der Waals surface area (Å²) < 4.78 is 0. The van der Waals surface area contributed by atoms with Crippen LogP contribution in [0.3, 0.4) is 0 Å². The molecule has 2 N–H and O–H groups in total. The first-order valence-corrected chi connectivity index (χ1v) is 5.05. The zero-order chi connectivity index (χ0) is 9.84. The van der Waals surface area contributed by atoms with Crippen molar-refractivity contribution in [2.24, 2.45) is 11.7 Å². The summed E-state index contributed by atoms with van der Waals surface area (Å²) in [6, 6.07) is 0. The zero-order valence-corrected chi connectivity index (χ0v) is 8.77. The molecule has 0 aromatic rings. The van der Waals surface area contributed by atoms with E-state index in [1.807, 2.05) is 7.05 Å². The van der Waals surface area contributed by atoms with Crippen LogP contribution in [0.2, 0.25) is 0 Å². The molecule has 4 heteroatoms. The van der Waals surface area contributed by atoms with Crippen LogP contribution in [-0.2, 0) is 4.79 Å². The van der Waals surface area contributed by atoms with Crippen molar-refractivity contribution < 1.29 is 4.79 Å². The van der Waals surface area contributed by atoms with Crippen molar-refractivity contribution in [2.75, 3.05) is 13.6 Å². The highest BCUT2D eigenvalue weighted by atomic mass is 32.1. The van der Waals surface area contributed by atoms with Crippen LogP contribution in [0.15, 0.2) is 0 Å². The molecule has 1 aliphatic rings. The Balaban J connectivity index is 2.25. The minimum atomic E-state index is 0.252. The fourth-order valence-corrected chi connectivity index (χ4v) is 1.45. The van der Waals surface area contributed by atoms with Crippen molar-refractivity contribution in [1.29, 1.82) is 0 Å². The summed E-state index contributed by atoms with van der Waals surface area (Å²) in [4.78, 5) is 13.8. The van der Waals surface area contributed by atoms with Crippen molar-refractivity contribution in [1.82, 2.24) is 4.90 Å². The smallest absolute Gasteiger partial charge is 0.225 e. The Hall–Kier alpha value is -0.640. The maximum Gasteiger partial charge on any atom is 0.225 e. The van der Waals surface area contributed by atoms with E-state index in [9.17, 15) is 4.79 Å². The second-order valence-electron chi connectivity index (χ2n) is 3.60. The number of carbonyl (C=O) groups excluding carboxylic acids is 1. The average molecular weight is 200 g/mol. The molecule has 1 saturated carbocycles. The summed E-state index contributed by atoms with van der Waals surface area (Å²) in [5.41, 5.74) is 5.36. The van der Waals surface area contributed by atoms with E-state index in [1.165, 1.54) is 6.42 Å². The number of hydrogen-bond donors (Lipinski definition) is 1. The van der Waals surface area contributed by atoms with Crippen molar-refractivity contribution in [2.45, 2.75) is 25.7 Å². The Bertz CT molecular complexity index is 214. The first-order chi connectivity index (χ1) is 6.11. The minimum absolute atomic E-state index is 0.252. The van der Waals surface area contributed by atoms with Crippen molar-refractivity contribution in [3.8, 4) is 0 Å². The van der Waals surface area contributed by atoms with E-state index in [0.29, 0.717) is 18.0 Å². The Labute approximate surface area is 84.3 Å². The number of amides is 1. The van der Waals surface area contributed by atoms with Gasteiger partial charge in [0.15, 0.2) is 0 Å². The topological polar surface area (TPSA) is 46.3 Å². The lowest BCUT2D eigenvalue weighted by atomic mass is 9.84. The van der Waals surface area contributed by atoms with Crippen LogP contribution in [0.25, 0.3) is 0 Å². The molecule has 0 saturated heterocycles. The molecule has 0 aromatic carbocycles. The van der Waals surface area contributed by atoms with Crippen LogP contribution in [0, 0.1) is 5.92 Å². The molecule has 0 aromatic heterocycles. The third-order valence-electron chi connectivity index (χ3n) is 2.52. The maximum absolute atomic E-state index is 11.6. The van der Waals surface area contributed by atoms with Gasteiger partial charge < -0.3 is 10.6 Å². The number of hydrogen-bond acceptors (Lipinski definition) is 2. The zero-order valence-electron chi connectivity index (χ0n) is 7.95. The highest BCUT2D eigenvalue weighted by Gasteiger charge is 2.27. The molecule has 0 heterocycles. The molecule has 0 aliphatic heterocycles. The van der Waals surface area contributed by atoms with Gasteiger partial charge in [0, 0.05) is 25.9 Å².